The molecule has 0 fully saturated rings. The van der Waals surface area contributed by atoms with Crippen LogP contribution in [-0.4, -0.2) is 27.7 Å². The summed E-state index contributed by atoms with van der Waals surface area (Å²) in [4.78, 5) is 28.6. The highest BCUT2D eigenvalue weighted by molar-refractivity contribution is 6.00. The first-order valence-corrected chi connectivity index (χ1v) is 9.02. The minimum Gasteiger partial charge on any atom is -0.457 e. The van der Waals surface area contributed by atoms with Crippen molar-refractivity contribution < 1.29 is 14.3 Å². The molecule has 0 bridgehead atoms. The Morgan fingerprint density at radius 3 is 2.41 bits per heavy atom. The number of para-hydroxylation sites is 1. The van der Waals surface area contributed by atoms with Crippen LogP contribution >= 0.6 is 0 Å². The number of Topliss-reactive ketones (excluding diaryl/α,β-unsaturated/α-hetero) is 1. The molecule has 0 spiro atoms. The first-order chi connectivity index (χ1) is 14.2. The number of carbonyl (C=O) groups is 2. The normalized spacial score (nSPS) is 10.5. The Bertz CT molecular complexity index is 1140. The number of pyridine rings is 1. The van der Waals surface area contributed by atoms with Crippen molar-refractivity contribution in [3.63, 3.8) is 0 Å². The summed E-state index contributed by atoms with van der Waals surface area (Å²) in [5, 5.41) is 5.26. The molecular formula is C22H18N4O3. The highest BCUT2D eigenvalue weighted by Crippen LogP contribution is 2.22. The van der Waals surface area contributed by atoms with E-state index < -0.39 is 6.03 Å². The predicted molar refractivity (Wildman–Crippen MR) is 110 cm³/mol. The molecule has 4 rings (SSSR count). The first-order valence-electron chi connectivity index (χ1n) is 9.02. The molecule has 0 radical (unpaired) electrons. The fraction of sp³-hybridized carbons (Fsp3) is 0.0455. The van der Waals surface area contributed by atoms with Crippen molar-refractivity contribution in [2.24, 2.45) is 0 Å². The zero-order valence-corrected chi connectivity index (χ0v) is 15.4. The molecule has 0 atom stereocenters. The Hall–Kier alpha value is -4.13. The summed E-state index contributed by atoms with van der Waals surface area (Å²) in [6.45, 7) is -0.135. The second-order valence-corrected chi connectivity index (χ2v) is 6.24. The van der Waals surface area contributed by atoms with Crippen molar-refractivity contribution in [3.05, 3.63) is 90.9 Å². The van der Waals surface area contributed by atoms with E-state index in [0.29, 0.717) is 22.8 Å². The van der Waals surface area contributed by atoms with E-state index in [1.54, 1.807) is 34.9 Å². The molecule has 29 heavy (non-hydrogen) atoms. The average molecular weight is 386 g/mol. The van der Waals surface area contributed by atoms with Gasteiger partial charge in [-0.3, -0.25) is 9.20 Å². The van der Waals surface area contributed by atoms with Gasteiger partial charge in [-0.05, 0) is 48.5 Å². The van der Waals surface area contributed by atoms with Gasteiger partial charge in [0.05, 0.1) is 12.7 Å². The van der Waals surface area contributed by atoms with Crippen LogP contribution in [-0.2, 0) is 0 Å². The van der Waals surface area contributed by atoms with E-state index in [9.17, 15) is 9.59 Å². The van der Waals surface area contributed by atoms with Crippen LogP contribution in [0.3, 0.4) is 0 Å². The number of rotatable bonds is 6. The van der Waals surface area contributed by atoms with Crippen molar-refractivity contribution in [1.29, 1.82) is 0 Å². The topological polar surface area (TPSA) is 84.7 Å². The minimum absolute atomic E-state index is 0.135. The van der Waals surface area contributed by atoms with Gasteiger partial charge in [-0.1, -0.05) is 24.3 Å². The van der Waals surface area contributed by atoms with Crippen LogP contribution in [0.1, 0.15) is 10.5 Å². The van der Waals surface area contributed by atoms with Crippen LogP contribution in [0.25, 0.3) is 5.65 Å². The summed E-state index contributed by atoms with van der Waals surface area (Å²) in [6.07, 6.45) is 3.26. The Balaban J connectivity index is 1.31. The lowest BCUT2D eigenvalue weighted by molar-refractivity contribution is 0.0987. The second kappa shape index (κ2) is 8.26. The summed E-state index contributed by atoms with van der Waals surface area (Å²) in [6, 6.07) is 21.4. The number of fused-ring (bicyclic) bond motifs is 1. The van der Waals surface area contributed by atoms with Gasteiger partial charge in [-0.25, -0.2) is 9.78 Å². The fourth-order valence-electron chi connectivity index (χ4n) is 2.80. The Kier molecular flexibility index (Phi) is 5.20. The molecule has 0 unspecified atom stereocenters. The SMILES string of the molecule is O=C(NCC(=O)c1cnc2ccccn12)Nc1ccc(Oc2ccccc2)cc1. The lowest BCUT2D eigenvalue weighted by atomic mass is 10.3. The zero-order valence-electron chi connectivity index (χ0n) is 15.4. The van der Waals surface area contributed by atoms with E-state index >= 15 is 0 Å². The maximum Gasteiger partial charge on any atom is 0.319 e. The van der Waals surface area contributed by atoms with Crippen molar-refractivity contribution in [1.82, 2.24) is 14.7 Å². The summed E-state index contributed by atoms with van der Waals surface area (Å²) < 4.78 is 7.40. The Labute approximate surface area is 167 Å². The summed E-state index contributed by atoms with van der Waals surface area (Å²) in [5.41, 5.74) is 1.69. The largest absolute Gasteiger partial charge is 0.457 e. The van der Waals surface area contributed by atoms with Gasteiger partial charge < -0.3 is 15.4 Å². The quantitative estimate of drug-likeness (QED) is 0.488. The number of hydrogen-bond acceptors (Lipinski definition) is 4. The molecule has 2 heterocycles. The summed E-state index contributed by atoms with van der Waals surface area (Å²) in [5.74, 6) is 1.16. The number of amides is 2. The molecule has 0 aliphatic rings. The number of urea groups is 1. The first kappa shape index (κ1) is 18.2. The van der Waals surface area contributed by atoms with Crippen molar-refractivity contribution in [2.75, 3.05) is 11.9 Å². The van der Waals surface area contributed by atoms with Gasteiger partial charge in [-0.2, -0.15) is 0 Å². The van der Waals surface area contributed by atoms with Gasteiger partial charge in [0, 0.05) is 11.9 Å². The third-order valence-electron chi connectivity index (χ3n) is 4.20. The number of nitrogens with one attached hydrogen (secondary N) is 2. The molecule has 2 aromatic carbocycles. The monoisotopic (exact) mass is 386 g/mol. The van der Waals surface area contributed by atoms with E-state index in [1.807, 2.05) is 48.5 Å². The molecule has 0 saturated heterocycles. The molecular weight excluding hydrogens is 368 g/mol. The number of benzene rings is 2. The molecule has 0 aliphatic heterocycles. The van der Waals surface area contributed by atoms with E-state index in [4.69, 9.17) is 4.74 Å². The number of ketones is 1. The molecule has 2 amide bonds. The second-order valence-electron chi connectivity index (χ2n) is 6.24. The predicted octanol–water partition coefficient (Wildman–Crippen LogP) is 4.13. The number of nitrogens with zero attached hydrogens (tertiary/aromatic N) is 2. The number of imidazole rings is 1. The van der Waals surface area contributed by atoms with Crippen LogP contribution in [0.4, 0.5) is 10.5 Å². The highest BCUT2D eigenvalue weighted by Gasteiger charge is 2.13. The van der Waals surface area contributed by atoms with Crippen LogP contribution in [0.2, 0.25) is 0 Å². The van der Waals surface area contributed by atoms with E-state index in [1.165, 1.54) is 6.20 Å². The van der Waals surface area contributed by atoms with Crippen LogP contribution in [0.5, 0.6) is 11.5 Å². The van der Waals surface area contributed by atoms with Gasteiger partial charge >= 0.3 is 6.03 Å². The maximum absolute atomic E-state index is 12.4. The van der Waals surface area contributed by atoms with Gasteiger partial charge in [0.25, 0.3) is 0 Å². The van der Waals surface area contributed by atoms with E-state index in [2.05, 4.69) is 15.6 Å². The molecule has 7 nitrogen and oxygen atoms in total. The summed E-state index contributed by atoms with van der Waals surface area (Å²) >= 11 is 0. The molecule has 144 valence electrons. The van der Waals surface area contributed by atoms with Gasteiger partial charge in [0.1, 0.15) is 22.8 Å². The number of aromatic nitrogens is 2. The fourth-order valence-corrected chi connectivity index (χ4v) is 2.80. The molecule has 7 heteroatoms. The number of carbonyl (C=O) groups excluding carboxylic acids is 2. The van der Waals surface area contributed by atoms with Gasteiger partial charge in [-0.15, -0.1) is 0 Å². The van der Waals surface area contributed by atoms with Gasteiger partial charge in [0.15, 0.2) is 5.78 Å². The minimum atomic E-state index is -0.469. The molecule has 2 N–H and O–H groups in total. The van der Waals surface area contributed by atoms with Crippen molar-refractivity contribution in [2.45, 2.75) is 0 Å². The third-order valence-corrected chi connectivity index (χ3v) is 4.20. The third kappa shape index (κ3) is 4.41. The lowest BCUT2D eigenvalue weighted by Crippen LogP contribution is -2.33. The van der Waals surface area contributed by atoms with E-state index in [-0.39, 0.29) is 12.3 Å². The van der Waals surface area contributed by atoms with Crippen LogP contribution < -0.4 is 15.4 Å². The Morgan fingerprint density at radius 1 is 0.897 bits per heavy atom. The molecule has 4 aromatic rings. The van der Waals surface area contributed by atoms with Crippen molar-refractivity contribution >= 4 is 23.1 Å². The zero-order chi connectivity index (χ0) is 20.1. The van der Waals surface area contributed by atoms with Crippen LogP contribution in [0, 0.1) is 0 Å². The Morgan fingerprint density at radius 2 is 1.62 bits per heavy atom. The molecule has 0 aliphatic carbocycles. The highest BCUT2D eigenvalue weighted by atomic mass is 16.5. The summed E-state index contributed by atoms with van der Waals surface area (Å²) in [7, 11) is 0. The average Bonchev–Trinajstić information content (AvgIpc) is 3.18. The number of ether oxygens (including phenoxy) is 1. The lowest BCUT2D eigenvalue weighted by Gasteiger charge is -2.09. The van der Waals surface area contributed by atoms with E-state index in [0.717, 1.165) is 5.75 Å². The number of hydrogen-bond donors (Lipinski definition) is 2. The smallest absolute Gasteiger partial charge is 0.319 e. The molecule has 2 aromatic heterocycles. The maximum atomic E-state index is 12.4. The number of anilines is 1. The van der Waals surface area contributed by atoms with Crippen LogP contribution in [0.15, 0.2) is 85.2 Å². The molecule has 0 saturated carbocycles. The standard InChI is InChI=1S/C22H18N4O3/c27-20(19-14-23-21-8-4-5-13-26(19)21)15-24-22(28)25-16-9-11-18(12-10-16)29-17-6-2-1-3-7-17/h1-14H,15H2,(H2,24,25,28). The van der Waals surface area contributed by atoms with Gasteiger partial charge in [0.2, 0.25) is 0 Å². The van der Waals surface area contributed by atoms with Crippen molar-refractivity contribution in [3.8, 4) is 11.5 Å².